The van der Waals surface area contributed by atoms with E-state index >= 15 is 0 Å². The number of halogens is 1. The predicted molar refractivity (Wildman–Crippen MR) is 82.6 cm³/mol. The second-order valence-electron chi connectivity index (χ2n) is 6.56. The van der Waals surface area contributed by atoms with Crippen molar-refractivity contribution in [2.45, 2.75) is 58.6 Å². The van der Waals surface area contributed by atoms with Gasteiger partial charge in [-0.15, -0.1) is 0 Å². The molecule has 0 spiro atoms. The van der Waals surface area contributed by atoms with Gasteiger partial charge in [-0.25, -0.2) is 4.39 Å². The van der Waals surface area contributed by atoms with Crippen molar-refractivity contribution >= 4 is 0 Å². The molecule has 1 atom stereocenters. The molecule has 0 aliphatic heterocycles. The SMILES string of the molecule is CC(C)NCC(CCOC(C)(C)C)c1ccc(F)cc1. The third kappa shape index (κ3) is 7.01. The topological polar surface area (TPSA) is 21.3 Å². The summed E-state index contributed by atoms with van der Waals surface area (Å²) < 4.78 is 18.8. The molecule has 3 heteroatoms. The van der Waals surface area contributed by atoms with E-state index in [1.165, 1.54) is 12.1 Å². The van der Waals surface area contributed by atoms with E-state index < -0.39 is 0 Å². The summed E-state index contributed by atoms with van der Waals surface area (Å²) in [5, 5.41) is 3.46. The molecule has 0 heterocycles. The third-order valence-electron chi connectivity index (χ3n) is 3.12. The Morgan fingerprint density at radius 2 is 1.75 bits per heavy atom. The first-order valence-corrected chi connectivity index (χ1v) is 7.41. The van der Waals surface area contributed by atoms with Crippen LogP contribution in [-0.2, 0) is 4.74 Å². The minimum atomic E-state index is -0.185. The minimum absolute atomic E-state index is 0.112. The fourth-order valence-corrected chi connectivity index (χ4v) is 2.01. The molecule has 0 aliphatic rings. The Morgan fingerprint density at radius 3 is 2.25 bits per heavy atom. The highest BCUT2D eigenvalue weighted by atomic mass is 19.1. The minimum Gasteiger partial charge on any atom is -0.376 e. The van der Waals surface area contributed by atoms with Crippen LogP contribution in [0, 0.1) is 5.82 Å². The highest BCUT2D eigenvalue weighted by molar-refractivity contribution is 5.20. The van der Waals surface area contributed by atoms with Gasteiger partial charge in [0.2, 0.25) is 0 Å². The highest BCUT2D eigenvalue weighted by Crippen LogP contribution is 2.21. The van der Waals surface area contributed by atoms with Crippen LogP contribution in [0.15, 0.2) is 24.3 Å². The van der Waals surface area contributed by atoms with Crippen LogP contribution in [0.25, 0.3) is 0 Å². The molecule has 0 aromatic heterocycles. The number of hydrogen-bond donors (Lipinski definition) is 1. The van der Waals surface area contributed by atoms with Crippen molar-refractivity contribution in [3.8, 4) is 0 Å². The zero-order valence-corrected chi connectivity index (χ0v) is 13.4. The Kier molecular flexibility index (Phi) is 6.63. The molecule has 0 saturated carbocycles. The normalized spacial score (nSPS) is 13.8. The zero-order chi connectivity index (χ0) is 15.2. The molecule has 20 heavy (non-hydrogen) atoms. The standard InChI is InChI=1S/C17H28FNO/c1-13(2)19-12-15(10-11-20-17(3,4)5)14-6-8-16(18)9-7-14/h6-9,13,15,19H,10-12H2,1-5H3. The van der Waals surface area contributed by atoms with Crippen molar-refractivity contribution in [3.63, 3.8) is 0 Å². The van der Waals surface area contributed by atoms with E-state index in [9.17, 15) is 4.39 Å². The summed E-state index contributed by atoms with van der Waals surface area (Å²) >= 11 is 0. The van der Waals surface area contributed by atoms with Crippen LogP contribution in [0.4, 0.5) is 4.39 Å². The third-order valence-corrected chi connectivity index (χ3v) is 3.12. The van der Waals surface area contributed by atoms with Crippen molar-refractivity contribution < 1.29 is 9.13 Å². The Morgan fingerprint density at radius 1 is 1.15 bits per heavy atom. The van der Waals surface area contributed by atoms with E-state index in [0.717, 1.165) is 18.5 Å². The maximum atomic E-state index is 13.0. The van der Waals surface area contributed by atoms with Gasteiger partial charge in [0.25, 0.3) is 0 Å². The van der Waals surface area contributed by atoms with Crippen molar-refractivity contribution in [2.24, 2.45) is 0 Å². The lowest BCUT2D eigenvalue weighted by atomic mass is 9.95. The fourth-order valence-electron chi connectivity index (χ4n) is 2.01. The van der Waals surface area contributed by atoms with Crippen molar-refractivity contribution in [1.29, 1.82) is 0 Å². The van der Waals surface area contributed by atoms with E-state index in [0.29, 0.717) is 18.6 Å². The molecule has 0 radical (unpaired) electrons. The van der Waals surface area contributed by atoms with Crippen LogP contribution < -0.4 is 5.32 Å². The lowest BCUT2D eigenvalue weighted by molar-refractivity contribution is -0.00628. The lowest BCUT2D eigenvalue weighted by Gasteiger charge is -2.24. The number of ether oxygens (including phenoxy) is 1. The maximum Gasteiger partial charge on any atom is 0.123 e. The van der Waals surface area contributed by atoms with E-state index in [1.807, 2.05) is 12.1 Å². The van der Waals surface area contributed by atoms with Crippen molar-refractivity contribution in [1.82, 2.24) is 5.32 Å². The van der Waals surface area contributed by atoms with Crippen LogP contribution >= 0.6 is 0 Å². The van der Waals surface area contributed by atoms with Gasteiger partial charge in [0, 0.05) is 19.2 Å². The van der Waals surface area contributed by atoms with E-state index in [1.54, 1.807) is 0 Å². The molecular weight excluding hydrogens is 253 g/mol. The lowest BCUT2D eigenvalue weighted by Crippen LogP contribution is -2.29. The second-order valence-corrected chi connectivity index (χ2v) is 6.56. The molecular formula is C17H28FNO. The predicted octanol–water partition coefficient (Wildman–Crippen LogP) is 4.11. The number of rotatable bonds is 7. The van der Waals surface area contributed by atoms with Gasteiger partial charge < -0.3 is 10.1 Å². The van der Waals surface area contributed by atoms with Crippen LogP contribution in [0.5, 0.6) is 0 Å². The fraction of sp³-hybridized carbons (Fsp3) is 0.647. The van der Waals surface area contributed by atoms with Gasteiger partial charge in [-0.1, -0.05) is 26.0 Å². The van der Waals surface area contributed by atoms with Gasteiger partial charge in [0.1, 0.15) is 5.82 Å². The summed E-state index contributed by atoms with van der Waals surface area (Å²) in [6, 6.07) is 7.25. The largest absolute Gasteiger partial charge is 0.376 e. The Hall–Kier alpha value is -0.930. The average molecular weight is 281 g/mol. The molecule has 0 amide bonds. The summed E-state index contributed by atoms with van der Waals surface area (Å²) in [6.45, 7) is 12.0. The molecule has 0 bridgehead atoms. The summed E-state index contributed by atoms with van der Waals surface area (Å²) in [6.07, 6.45) is 0.933. The molecule has 0 fully saturated rings. The van der Waals surface area contributed by atoms with Crippen LogP contribution in [0.2, 0.25) is 0 Å². The van der Waals surface area contributed by atoms with Crippen LogP contribution in [0.1, 0.15) is 52.5 Å². The van der Waals surface area contributed by atoms with E-state index in [-0.39, 0.29) is 11.4 Å². The summed E-state index contributed by atoms with van der Waals surface area (Å²) in [4.78, 5) is 0. The second kappa shape index (κ2) is 7.75. The first-order chi connectivity index (χ1) is 9.28. The highest BCUT2D eigenvalue weighted by Gasteiger charge is 2.15. The summed E-state index contributed by atoms with van der Waals surface area (Å²) in [5.41, 5.74) is 1.05. The Labute approximate surface area is 122 Å². The molecule has 1 N–H and O–H groups in total. The van der Waals surface area contributed by atoms with Gasteiger partial charge in [-0.3, -0.25) is 0 Å². The van der Waals surface area contributed by atoms with Crippen LogP contribution in [0.3, 0.4) is 0 Å². The monoisotopic (exact) mass is 281 g/mol. The number of hydrogen-bond acceptors (Lipinski definition) is 2. The summed E-state index contributed by atoms with van der Waals surface area (Å²) in [7, 11) is 0. The first kappa shape index (κ1) is 17.1. The zero-order valence-electron chi connectivity index (χ0n) is 13.4. The maximum absolute atomic E-state index is 13.0. The first-order valence-electron chi connectivity index (χ1n) is 7.41. The van der Waals surface area contributed by atoms with Gasteiger partial charge in [0.05, 0.1) is 5.60 Å². The molecule has 1 aromatic carbocycles. The van der Waals surface area contributed by atoms with Gasteiger partial charge in [0.15, 0.2) is 0 Å². The van der Waals surface area contributed by atoms with E-state index in [4.69, 9.17) is 4.74 Å². The van der Waals surface area contributed by atoms with Gasteiger partial charge in [-0.05, 0) is 50.8 Å². The molecule has 1 aromatic rings. The van der Waals surface area contributed by atoms with Gasteiger partial charge in [-0.2, -0.15) is 0 Å². The van der Waals surface area contributed by atoms with Crippen LogP contribution in [-0.4, -0.2) is 24.8 Å². The Bertz CT molecular complexity index is 381. The number of nitrogens with one attached hydrogen (secondary N) is 1. The Balaban J connectivity index is 2.62. The van der Waals surface area contributed by atoms with Crippen molar-refractivity contribution in [3.05, 3.63) is 35.6 Å². The summed E-state index contributed by atoms with van der Waals surface area (Å²) in [5.74, 6) is 0.163. The molecule has 0 aliphatic carbocycles. The smallest absolute Gasteiger partial charge is 0.123 e. The molecule has 1 unspecified atom stereocenters. The molecule has 2 nitrogen and oxygen atoms in total. The number of benzene rings is 1. The molecule has 1 rings (SSSR count). The average Bonchev–Trinajstić information content (AvgIpc) is 2.33. The van der Waals surface area contributed by atoms with Gasteiger partial charge >= 0.3 is 0 Å². The quantitative estimate of drug-likeness (QED) is 0.812. The van der Waals surface area contributed by atoms with Crippen molar-refractivity contribution in [2.75, 3.05) is 13.2 Å². The van der Waals surface area contributed by atoms with E-state index in [2.05, 4.69) is 39.9 Å². The molecule has 0 saturated heterocycles. The molecule has 114 valence electrons.